The Morgan fingerprint density at radius 2 is 2.00 bits per heavy atom. The summed E-state index contributed by atoms with van der Waals surface area (Å²) in [6.45, 7) is 0.0322. The number of hydrogen-bond acceptors (Lipinski definition) is 5. The normalized spacial score (nSPS) is 21.2. The summed E-state index contributed by atoms with van der Waals surface area (Å²) in [5.41, 5.74) is 0.780. The van der Waals surface area contributed by atoms with E-state index in [0.29, 0.717) is 4.31 Å². The first-order valence-electron chi connectivity index (χ1n) is 6.18. The molecule has 1 aromatic rings. The Kier molecular flexibility index (Phi) is 5.24. The molecule has 0 spiro atoms. The van der Waals surface area contributed by atoms with Gasteiger partial charge in [-0.3, -0.25) is 9.35 Å². The Hall–Kier alpha value is -1.40. The lowest BCUT2D eigenvalue weighted by molar-refractivity contribution is -0.141. The molecule has 8 nitrogen and oxygen atoms in total. The Bertz CT molecular complexity index is 665. The third kappa shape index (κ3) is 3.67. The molecular formula is C12H13IN2O6S. The van der Waals surface area contributed by atoms with Crippen molar-refractivity contribution in [2.45, 2.75) is 18.7 Å². The summed E-state index contributed by atoms with van der Waals surface area (Å²) in [6.07, 6.45) is -0.827. The van der Waals surface area contributed by atoms with Crippen molar-refractivity contribution in [2.75, 3.05) is 4.43 Å². The quantitative estimate of drug-likeness (QED) is 0.302. The van der Waals surface area contributed by atoms with E-state index in [9.17, 15) is 18.0 Å². The van der Waals surface area contributed by atoms with E-state index in [4.69, 9.17) is 9.29 Å². The van der Waals surface area contributed by atoms with Crippen LogP contribution >= 0.6 is 22.6 Å². The van der Waals surface area contributed by atoms with Crippen LogP contribution in [-0.4, -0.2) is 45.8 Å². The third-order valence-electron chi connectivity index (χ3n) is 3.06. The molecule has 1 heterocycles. The van der Waals surface area contributed by atoms with Gasteiger partial charge in [0.2, 0.25) is 0 Å². The van der Waals surface area contributed by atoms with Gasteiger partial charge in [0.15, 0.2) is 0 Å². The van der Waals surface area contributed by atoms with E-state index in [1.54, 1.807) is 24.3 Å². The summed E-state index contributed by atoms with van der Waals surface area (Å²) in [5.74, 6) is -0.888. The van der Waals surface area contributed by atoms with Crippen molar-refractivity contribution in [3.8, 4) is 0 Å². The van der Waals surface area contributed by atoms with E-state index in [0.717, 1.165) is 5.56 Å². The van der Waals surface area contributed by atoms with Gasteiger partial charge in [0.1, 0.15) is 12.6 Å². The molecule has 1 aliphatic heterocycles. The second-order valence-corrected chi connectivity index (χ2v) is 6.69. The average Bonchev–Trinajstić information content (AvgIpc) is 2.47. The fraction of sp³-hybridized carbons (Fsp3) is 0.333. The zero-order chi connectivity index (χ0) is 16.3. The average molecular weight is 440 g/mol. The molecule has 0 aliphatic carbocycles. The highest BCUT2D eigenvalue weighted by atomic mass is 127. The number of carbonyl (C=O) groups excluding carboxylic acids is 2. The minimum absolute atomic E-state index is 0.0322. The number of nitrogens with one attached hydrogen (secondary N) is 1. The molecule has 0 aromatic heterocycles. The van der Waals surface area contributed by atoms with Crippen molar-refractivity contribution in [3.63, 3.8) is 0 Å². The van der Waals surface area contributed by atoms with Crippen molar-refractivity contribution in [3.05, 3.63) is 35.9 Å². The summed E-state index contributed by atoms with van der Waals surface area (Å²) in [7, 11) is -4.61. The highest BCUT2D eigenvalue weighted by Crippen LogP contribution is 2.25. The standard InChI is InChI=1S/C12H13IN2O6S/c13-6-9-10(11(16)15(9)22(18,19)20)14-12(17)21-7-8-4-2-1-3-5-8/h1-5,9-10H,6-7H2,(H,14,17)(H,18,19,20). The molecule has 2 atom stereocenters. The predicted molar refractivity (Wildman–Crippen MR) is 84.6 cm³/mol. The lowest BCUT2D eigenvalue weighted by Gasteiger charge is -2.43. The first-order valence-corrected chi connectivity index (χ1v) is 9.10. The second-order valence-electron chi connectivity index (χ2n) is 4.52. The van der Waals surface area contributed by atoms with Gasteiger partial charge in [0, 0.05) is 4.43 Å². The molecule has 120 valence electrons. The number of alkyl halides is 1. The molecule has 1 fully saturated rings. The number of alkyl carbamates (subject to hydrolysis) is 1. The number of nitrogens with zero attached hydrogens (tertiary/aromatic N) is 1. The number of carbonyl (C=O) groups is 2. The van der Waals surface area contributed by atoms with Crippen LogP contribution in [0.4, 0.5) is 4.79 Å². The van der Waals surface area contributed by atoms with Gasteiger partial charge in [-0.25, -0.2) is 9.10 Å². The summed E-state index contributed by atoms with van der Waals surface area (Å²) in [5, 5.41) is 2.31. The van der Waals surface area contributed by atoms with Gasteiger partial charge in [-0.2, -0.15) is 8.42 Å². The highest BCUT2D eigenvalue weighted by Gasteiger charge is 2.53. The first-order chi connectivity index (χ1) is 10.3. The molecule has 0 bridgehead atoms. The van der Waals surface area contributed by atoms with E-state index < -0.39 is 34.4 Å². The first kappa shape index (κ1) is 17.0. The molecule has 1 aromatic carbocycles. The smallest absolute Gasteiger partial charge is 0.408 e. The Labute approximate surface area is 140 Å². The van der Waals surface area contributed by atoms with Gasteiger partial charge >= 0.3 is 16.4 Å². The number of hydrogen-bond donors (Lipinski definition) is 2. The van der Waals surface area contributed by atoms with Crippen LogP contribution in [0.15, 0.2) is 30.3 Å². The number of benzene rings is 1. The van der Waals surface area contributed by atoms with Crippen LogP contribution < -0.4 is 5.32 Å². The number of amides is 2. The predicted octanol–water partition coefficient (Wildman–Crippen LogP) is 0.730. The van der Waals surface area contributed by atoms with Gasteiger partial charge in [-0.1, -0.05) is 52.9 Å². The summed E-state index contributed by atoms with van der Waals surface area (Å²) in [6, 6.07) is 7.11. The van der Waals surface area contributed by atoms with Crippen LogP contribution in [-0.2, 0) is 26.4 Å². The minimum Gasteiger partial charge on any atom is -0.445 e. The Balaban J connectivity index is 1.91. The van der Waals surface area contributed by atoms with Crippen molar-refractivity contribution in [1.29, 1.82) is 0 Å². The van der Waals surface area contributed by atoms with Crippen LogP contribution in [0.5, 0.6) is 0 Å². The fourth-order valence-corrected chi connectivity index (χ4v) is 4.05. The highest BCUT2D eigenvalue weighted by molar-refractivity contribution is 14.1. The minimum atomic E-state index is -4.61. The lowest BCUT2D eigenvalue weighted by Crippen LogP contribution is -2.72. The van der Waals surface area contributed by atoms with Crippen LogP contribution in [0.2, 0.25) is 0 Å². The number of rotatable bonds is 5. The van der Waals surface area contributed by atoms with Crippen molar-refractivity contribution < 1.29 is 27.3 Å². The van der Waals surface area contributed by atoms with Gasteiger partial charge < -0.3 is 10.1 Å². The van der Waals surface area contributed by atoms with Crippen LogP contribution in [0.1, 0.15) is 5.56 Å². The second kappa shape index (κ2) is 6.79. The molecule has 2 unspecified atom stereocenters. The lowest BCUT2D eigenvalue weighted by atomic mass is 10.0. The molecule has 0 radical (unpaired) electrons. The summed E-state index contributed by atoms with van der Waals surface area (Å²) in [4.78, 5) is 23.4. The van der Waals surface area contributed by atoms with Gasteiger partial charge in [-0.15, -0.1) is 0 Å². The largest absolute Gasteiger partial charge is 0.445 e. The van der Waals surface area contributed by atoms with E-state index in [1.165, 1.54) is 0 Å². The molecule has 1 saturated heterocycles. The number of β-lactam (4-membered cyclic amide) rings is 1. The molecule has 2 rings (SSSR count). The molecule has 2 amide bonds. The maximum atomic E-state index is 11.7. The topological polar surface area (TPSA) is 113 Å². The van der Waals surface area contributed by atoms with Crippen LogP contribution in [0.3, 0.4) is 0 Å². The Morgan fingerprint density at radius 1 is 1.36 bits per heavy atom. The van der Waals surface area contributed by atoms with E-state index in [-0.39, 0.29) is 11.0 Å². The third-order valence-corrected chi connectivity index (χ3v) is 4.91. The van der Waals surface area contributed by atoms with Crippen molar-refractivity contribution in [2.24, 2.45) is 0 Å². The monoisotopic (exact) mass is 440 g/mol. The molecule has 2 N–H and O–H groups in total. The maximum Gasteiger partial charge on any atom is 0.408 e. The molecule has 10 heteroatoms. The van der Waals surface area contributed by atoms with E-state index in [2.05, 4.69) is 5.32 Å². The van der Waals surface area contributed by atoms with Crippen LogP contribution in [0, 0.1) is 0 Å². The summed E-state index contributed by atoms with van der Waals surface area (Å²) < 4.78 is 36.6. The maximum absolute atomic E-state index is 11.7. The molecule has 1 aliphatic rings. The molecule has 0 saturated carbocycles. The molecular weight excluding hydrogens is 427 g/mol. The van der Waals surface area contributed by atoms with Crippen molar-refractivity contribution in [1.82, 2.24) is 9.62 Å². The van der Waals surface area contributed by atoms with Crippen LogP contribution in [0.25, 0.3) is 0 Å². The zero-order valence-electron chi connectivity index (χ0n) is 11.2. The SMILES string of the molecule is O=C(NC1C(=O)N(S(=O)(=O)O)C1CI)OCc1ccccc1. The molecule has 22 heavy (non-hydrogen) atoms. The van der Waals surface area contributed by atoms with Gasteiger partial charge in [-0.05, 0) is 5.56 Å². The van der Waals surface area contributed by atoms with E-state index >= 15 is 0 Å². The fourth-order valence-electron chi connectivity index (χ4n) is 2.00. The number of halogens is 1. The van der Waals surface area contributed by atoms with E-state index in [1.807, 2.05) is 28.7 Å². The zero-order valence-corrected chi connectivity index (χ0v) is 14.2. The van der Waals surface area contributed by atoms with Gasteiger partial charge in [0.05, 0.1) is 6.04 Å². The summed E-state index contributed by atoms with van der Waals surface area (Å²) >= 11 is 1.86. The van der Waals surface area contributed by atoms with Crippen molar-refractivity contribution >= 4 is 44.9 Å². The Morgan fingerprint density at radius 3 is 2.55 bits per heavy atom. The number of ether oxygens (including phenoxy) is 1. The van der Waals surface area contributed by atoms with Gasteiger partial charge in [0.25, 0.3) is 5.91 Å².